The maximum atomic E-state index is 12.4. The minimum Gasteiger partial charge on any atom is -0.336 e. The van der Waals surface area contributed by atoms with Gasteiger partial charge < -0.3 is 4.90 Å². The summed E-state index contributed by atoms with van der Waals surface area (Å²) in [4.78, 5) is 17.1. The van der Waals surface area contributed by atoms with E-state index in [9.17, 15) is 4.79 Å². The van der Waals surface area contributed by atoms with Gasteiger partial charge in [-0.2, -0.15) is 0 Å². The van der Waals surface area contributed by atoms with Crippen LogP contribution in [-0.2, 0) is 0 Å². The smallest absolute Gasteiger partial charge is 0.253 e. The summed E-state index contributed by atoms with van der Waals surface area (Å²) >= 11 is 0. The molecule has 1 amide bonds. The van der Waals surface area contributed by atoms with E-state index >= 15 is 0 Å². The number of hydrogen-bond donors (Lipinski definition) is 0. The molecule has 0 N–H and O–H groups in total. The van der Waals surface area contributed by atoms with E-state index in [4.69, 9.17) is 0 Å². The monoisotopic (exact) mass is 286 g/mol. The molecule has 0 aromatic heterocycles. The molecule has 1 saturated carbocycles. The maximum absolute atomic E-state index is 12.4. The van der Waals surface area contributed by atoms with Crippen molar-refractivity contribution in [1.29, 1.82) is 0 Å². The highest BCUT2D eigenvalue weighted by molar-refractivity contribution is 5.94. The lowest BCUT2D eigenvalue weighted by molar-refractivity contribution is 0.0489. The van der Waals surface area contributed by atoms with Crippen LogP contribution in [0.4, 0.5) is 0 Å². The minimum absolute atomic E-state index is 0.187. The summed E-state index contributed by atoms with van der Waals surface area (Å²) in [7, 11) is 0. The van der Waals surface area contributed by atoms with Gasteiger partial charge >= 0.3 is 0 Å². The van der Waals surface area contributed by atoms with Crippen LogP contribution >= 0.6 is 0 Å². The Kier molecular flexibility index (Phi) is 4.59. The van der Waals surface area contributed by atoms with E-state index < -0.39 is 0 Å². The van der Waals surface area contributed by atoms with Crippen molar-refractivity contribution in [3.63, 3.8) is 0 Å². The first-order valence-corrected chi connectivity index (χ1v) is 8.32. The van der Waals surface area contributed by atoms with E-state index in [-0.39, 0.29) is 5.91 Å². The Morgan fingerprint density at radius 1 is 1.05 bits per heavy atom. The number of amides is 1. The molecule has 1 heterocycles. The molecule has 3 nitrogen and oxygen atoms in total. The van der Waals surface area contributed by atoms with Crippen LogP contribution in [0.1, 0.15) is 43.0 Å². The number of carbonyl (C=O) groups excluding carboxylic acids is 1. The second-order valence-electron chi connectivity index (χ2n) is 6.62. The fourth-order valence-electron chi connectivity index (χ4n) is 3.79. The predicted molar refractivity (Wildman–Crippen MR) is 85.3 cm³/mol. The summed E-state index contributed by atoms with van der Waals surface area (Å²) in [6.07, 6.45) is 5.45. The predicted octanol–water partition coefficient (Wildman–Crippen LogP) is 3.02. The van der Waals surface area contributed by atoms with Gasteiger partial charge in [0.2, 0.25) is 0 Å². The number of nitrogens with zero attached hydrogens (tertiary/aromatic N) is 2. The normalized spacial score (nSPS) is 27.6. The second kappa shape index (κ2) is 6.61. The molecule has 2 atom stereocenters. The fourth-order valence-corrected chi connectivity index (χ4v) is 3.79. The van der Waals surface area contributed by atoms with Crippen LogP contribution in [0, 0.1) is 5.92 Å². The van der Waals surface area contributed by atoms with Crippen LogP contribution in [0.5, 0.6) is 0 Å². The van der Waals surface area contributed by atoms with E-state index in [0.717, 1.165) is 43.7 Å². The largest absolute Gasteiger partial charge is 0.336 e. The van der Waals surface area contributed by atoms with Crippen molar-refractivity contribution in [3.05, 3.63) is 35.9 Å². The van der Waals surface area contributed by atoms with Gasteiger partial charge in [0.25, 0.3) is 5.91 Å². The lowest BCUT2D eigenvalue weighted by atomic mass is 9.86. The van der Waals surface area contributed by atoms with Gasteiger partial charge in [0, 0.05) is 37.8 Å². The van der Waals surface area contributed by atoms with Crippen molar-refractivity contribution in [2.45, 2.75) is 38.6 Å². The molecule has 0 unspecified atom stereocenters. The van der Waals surface area contributed by atoms with Crippen molar-refractivity contribution in [2.24, 2.45) is 5.92 Å². The number of hydrogen-bond acceptors (Lipinski definition) is 2. The van der Waals surface area contributed by atoms with E-state index in [2.05, 4.69) is 11.8 Å². The molecular formula is C18H26N2O. The van der Waals surface area contributed by atoms with Crippen molar-refractivity contribution in [2.75, 3.05) is 26.2 Å². The first kappa shape index (κ1) is 14.6. The van der Waals surface area contributed by atoms with Gasteiger partial charge in [-0.1, -0.05) is 38.0 Å². The van der Waals surface area contributed by atoms with Gasteiger partial charge in [-0.15, -0.1) is 0 Å². The Balaban J connectivity index is 1.54. The van der Waals surface area contributed by atoms with Gasteiger partial charge in [-0.25, -0.2) is 0 Å². The Labute approximate surface area is 127 Å². The van der Waals surface area contributed by atoms with Gasteiger partial charge in [0.1, 0.15) is 0 Å². The van der Waals surface area contributed by atoms with Crippen molar-refractivity contribution < 1.29 is 4.79 Å². The molecule has 0 radical (unpaired) electrons. The third-order valence-corrected chi connectivity index (χ3v) is 5.05. The maximum Gasteiger partial charge on any atom is 0.253 e. The first-order chi connectivity index (χ1) is 10.2. The molecule has 21 heavy (non-hydrogen) atoms. The summed E-state index contributed by atoms with van der Waals surface area (Å²) in [6, 6.07) is 10.4. The number of benzene rings is 1. The lowest BCUT2D eigenvalue weighted by Gasteiger charge is -2.42. The second-order valence-corrected chi connectivity index (χ2v) is 6.62. The van der Waals surface area contributed by atoms with Gasteiger partial charge in [-0.3, -0.25) is 9.69 Å². The number of piperazine rings is 1. The van der Waals surface area contributed by atoms with Crippen LogP contribution < -0.4 is 0 Å². The van der Waals surface area contributed by atoms with E-state index in [1.54, 1.807) is 0 Å². The molecular weight excluding hydrogens is 260 g/mol. The zero-order chi connectivity index (χ0) is 14.7. The van der Waals surface area contributed by atoms with Crippen LogP contribution in [-0.4, -0.2) is 47.9 Å². The summed E-state index contributed by atoms with van der Waals surface area (Å²) < 4.78 is 0. The number of carbonyl (C=O) groups is 1. The van der Waals surface area contributed by atoms with Crippen LogP contribution in [0.25, 0.3) is 0 Å². The van der Waals surface area contributed by atoms with Crippen molar-refractivity contribution in [1.82, 2.24) is 9.80 Å². The molecule has 1 aliphatic heterocycles. The van der Waals surface area contributed by atoms with Crippen molar-refractivity contribution in [3.8, 4) is 0 Å². The highest BCUT2D eigenvalue weighted by atomic mass is 16.2. The fraction of sp³-hybridized carbons (Fsp3) is 0.611. The van der Waals surface area contributed by atoms with Crippen molar-refractivity contribution >= 4 is 5.91 Å². The molecule has 2 fully saturated rings. The average Bonchev–Trinajstić information content (AvgIpc) is 2.55. The molecule has 1 aromatic carbocycles. The molecule has 1 aliphatic carbocycles. The minimum atomic E-state index is 0.187. The molecule has 0 spiro atoms. The quantitative estimate of drug-likeness (QED) is 0.834. The molecule has 2 aliphatic rings. The molecule has 0 bridgehead atoms. The zero-order valence-corrected chi connectivity index (χ0v) is 13.0. The molecule has 3 heteroatoms. The summed E-state index contributed by atoms with van der Waals surface area (Å²) in [5, 5.41) is 0. The summed E-state index contributed by atoms with van der Waals surface area (Å²) in [5.41, 5.74) is 0.817. The van der Waals surface area contributed by atoms with E-state index in [1.165, 1.54) is 25.7 Å². The SMILES string of the molecule is C[C@@H]1CCC[C@@H](N2CCN(C(=O)c3ccccc3)CC2)C1. The third-order valence-electron chi connectivity index (χ3n) is 5.05. The topological polar surface area (TPSA) is 23.6 Å². The first-order valence-electron chi connectivity index (χ1n) is 8.32. The highest BCUT2D eigenvalue weighted by Crippen LogP contribution is 2.28. The average molecular weight is 286 g/mol. The Morgan fingerprint density at radius 3 is 2.43 bits per heavy atom. The number of rotatable bonds is 2. The highest BCUT2D eigenvalue weighted by Gasteiger charge is 2.29. The molecule has 3 rings (SSSR count). The Bertz CT molecular complexity index is 465. The van der Waals surface area contributed by atoms with Crippen LogP contribution in [0.2, 0.25) is 0 Å². The van der Waals surface area contributed by atoms with Crippen LogP contribution in [0.15, 0.2) is 30.3 Å². The molecule has 1 saturated heterocycles. The Hall–Kier alpha value is -1.35. The van der Waals surface area contributed by atoms with E-state index in [1.807, 2.05) is 35.2 Å². The lowest BCUT2D eigenvalue weighted by Crippen LogP contribution is -2.52. The van der Waals surface area contributed by atoms with Gasteiger partial charge in [-0.05, 0) is 30.9 Å². The van der Waals surface area contributed by atoms with E-state index in [0.29, 0.717) is 0 Å². The third kappa shape index (κ3) is 3.46. The molecule has 1 aromatic rings. The Morgan fingerprint density at radius 2 is 1.76 bits per heavy atom. The molecule has 114 valence electrons. The van der Waals surface area contributed by atoms with Crippen LogP contribution in [0.3, 0.4) is 0 Å². The summed E-state index contributed by atoms with van der Waals surface area (Å²) in [6.45, 7) is 6.20. The summed E-state index contributed by atoms with van der Waals surface area (Å²) in [5.74, 6) is 1.06. The van der Waals surface area contributed by atoms with Gasteiger partial charge in [0.05, 0.1) is 0 Å². The zero-order valence-electron chi connectivity index (χ0n) is 13.0. The standard InChI is InChI=1S/C18H26N2O/c1-15-6-5-9-17(14-15)19-10-12-20(13-11-19)18(21)16-7-3-2-4-8-16/h2-4,7-8,15,17H,5-6,9-14H2,1H3/t15-,17-/m1/s1. The van der Waals surface area contributed by atoms with Gasteiger partial charge in [0.15, 0.2) is 0 Å².